The van der Waals surface area contributed by atoms with Gasteiger partial charge in [0.2, 0.25) is 0 Å². The van der Waals surface area contributed by atoms with Gasteiger partial charge >= 0.3 is 0 Å². The van der Waals surface area contributed by atoms with Crippen LogP contribution in [-0.2, 0) is 0 Å². The van der Waals surface area contributed by atoms with Crippen LogP contribution < -0.4 is 5.73 Å². The molecule has 4 heteroatoms. The number of carbonyl (C=O) groups excluding carboxylic acids is 1. The predicted molar refractivity (Wildman–Crippen MR) is 70.0 cm³/mol. The maximum Gasteiger partial charge on any atom is 0.253 e. The Balaban J connectivity index is 0.00000225. The molecule has 0 fully saturated rings. The molecule has 0 aliphatic rings. The van der Waals surface area contributed by atoms with E-state index in [0.717, 1.165) is 19.4 Å². The number of nitrogen functional groups attached to an aromatic ring is 1. The van der Waals surface area contributed by atoms with Crippen LogP contribution in [0.25, 0.3) is 0 Å². The zero-order valence-corrected chi connectivity index (χ0v) is 10.6. The highest BCUT2D eigenvalue weighted by Gasteiger charge is 2.10. The Bertz CT molecular complexity index is 342. The van der Waals surface area contributed by atoms with Crippen molar-refractivity contribution in [1.29, 1.82) is 0 Å². The van der Waals surface area contributed by atoms with Crippen molar-refractivity contribution in [2.75, 3.05) is 19.3 Å². The summed E-state index contributed by atoms with van der Waals surface area (Å²) in [6.45, 7) is 2.91. The maximum atomic E-state index is 11.9. The Morgan fingerprint density at radius 2 is 2.12 bits per heavy atom. The van der Waals surface area contributed by atoms with Crippen molar-refractivity contribution < 1.29 is 4.79 Å². The topological polar surface area (TPSA) is 46.3 Å². The number of hydrogen-bond acceptors (Lipinski definition) is 2. The number of nitrogens with two attached hydrogens (primary N) is 1. The molecule has 0 aliphatic heterocycles. The lowest BCUT2D eigenvalue weighted by molar-refractivity contribution is 0.0793. The Kier molecular flexibility index (Phi) is 6.58. The summed E-state index contributed by atoms with van der Waals surface area (Å²) in [5.41, 5.74) is 6.92. The first-order valence-corrected chi connectivity index (χ1v) is 5.26. The lowest BCUT2D eigenvalue weighted by Gasteiger charge is -2.16. The molecule has 0 unspecified atom stereocenters. The summed E-state index contributed by atoms with van der Waals surface area (Å²) in [5, 5.41) is 0. The van der Waals surface area contributed by atoms with Gasteiger partial charge in [-0.2, -0.15) is 0 Å². The molecule has 90 valence electrons. The second kappa shape index (κ2) is 7.12. The lowest BCUT2D eigenvalue weighted by Crippen LogP contribution is -2.27. The van der Waals surface area contributed by atoms with Crippen molar-refractivity contribution in [3.63, 3.8) is 0 Å². The van der Waals surface area contributed by atoms with Gasteiger partial charge in [0.1, 0.15) is 0 Å². The molecule has 0 bridgehead atoms. The molecule has 0 heterocycles. The highest BCUT2D eigenvalue weighted by molar-refractivity contribution is 5.94. The van der Waals surface area contributed by atoms with Gasteiger partial charge in [-0.1, -0.05) is 19.4 Å². The van der Waals surface area contributed by atoms with Gasteiger partial charge in [-0.05, 0) is 24.6 Å². The molecule has 0 spiro atoms. The van der Waals surface area contributed by atoms with Gasteiger partial charge in [0, 0.05) is 24.8 Å². The summed E-state index contributed by atoms with van der Waals surface area (Å²) in [7, 11) is 1.82. The first-order valence-electron chi connectivity index (χ1n) is 5.26. The van der Waals surface area contributed by atoms with Gasteiger partial charge in [-0.3, -0.25) is 4.79 Å². The smallest absolute Gasteiger partial charge is 0.253 e. The monoisotopic (exact) mass is 242 g/mol. The highest BCUT2D eigenvalue weighted by Crippen LogP contribution is 2.09. The van der Waals surface area contributed by atoms with Crippen LogP contribution in [0.15, 0.2) is 24.3 Å². The van der Waals surface area contributed by atoms with E-state index in [9.17, 15) is 4.79 Å². The van der Waals surface area contributed by atoms with Gasteiger partial charge in [0.25, 0.3) is 5.91 Å². The normalized spacial score (nSPS) is 9.38. The number of nitrogens with zero attached hydrogens (tertiary/aromatic N) is 1. The van der Waals surface area contributed by atoms with Crippen LogP contribution in [-0.4, -0.2) is 24.4 Å². The molecular formula is C12H19ClN2O. The Morgan fingerprint density at radius 1 is 1.44 bits per heavy atom. The van der Waals surface area contributed by atoms with E-state index in [0.29, 0.717) is 11.3 Å². The number of hydrogen-bond donors (Lipinski definition) is 1. The summed E-state index contributed by atoms with van der Waals surface area (Å²) < 4.78 is 0. The van der Waals surface area contributed by atoms with E-state index in [1.165, 1.54) is 0 Å². The van der Waals surface area contributed by atoms with E-state index in [4.69, 9.17) is 5.73 Å². The van der Waals surface area contributed by atoms with E-state index in [-0.39, 0.29) is 18.3 Å². The molecule has 16 heavy (non-hydrogen) atoms. The molecule has 0 aliphatic carbocycles. The number of benzene rings is 1. The van der Waals surface area contributed by atoms with Crippen molar-refractivity contribution in [3.05, 3.63) is 29.8 Å². The van der Waals surface area contributed by atoms with Gasteiger partial charge in [-0.25, -0.2) is 0 Å². The summed E-state index contributed by atoms with van der Waals surface area (Å²) in [5.74, 6) is 0.0377. The zero-order chi connectivity index (χ0) is 11.3. The molecule has 0 saturated heterocycles. The third kappa shape index (κ3) is 4.11. The minimum atomic E-state index is 0. The van der Waals surface area contributed by atoms with Crippen molar-refractivity contribution in [1.82, 2.24) is 4.90 Å². The molecule has 1 aromatic carbocycles. The standard InChI is InChI=1S/C12H18N2O.ClH/c1-3-4-8-14(2)12(15)10-6-5-7-11(13)9-10;/h5-7,9H,3-4,8,13H2,1-2H3;1H. The second-order valence-corrected chi connectivity index (χ2v) is 3.71. The molecule has 0 atom stereocenters. The average molecular weight is 243 g/mol. The van der Waals surface area contributed by atoms with Crippen LogP contribution >= 0.6 is 12.4 Å². The Hall–Kier alpha value is -1.22. The van der Waals surface area contributed by atoms with Crippen LogP contribution in [0, 0.1) is 0 Å². The van der Waals surface area contributed by atoms with E-state index >= 15 is 0 Å². The number of anilines is 1. The molecule has 1 rings (SSSR count). The molecule has 0 aromatic heterocycles. The quantitative estimate of drug-likeness (QED) is 0.825. The van der Waals surface area contributed by atoms with Crippen LogP contribution in [0.2, 0.25) is 0 Å². The predicted octanol–water partition coefficient (Wildman–Crippen LogP) is 2.56. The molecule has 1 aromatic rings. The molecule has 3 nitrogen and oxygen atoms in total. The van der Waals surface area contributed by atoms with Gasteiger partial charge in [-0.15, -0.1) is 12.4 Å². The van der Waals surface area contributed by atoms with Gasteiger partial charge in [0.05, 0.1) is 0 Å². The second-order valence-electron chi connectivity index (χ2n) is 3.71. The zero-order valence-electron chi connectivity index (χ0n) is 9.77. The summed E-state index contributed by atoms with van der Waals surface area (Å²) in [4.78, 5) is 13.6. The summed E-state index contributed by atoms with van der Waals surface area (Å²) >= 11 is 0. The van der Waals surface area contributed by atoms with E-state index in [2.05, 4.69) is 6.92 Å². The van der Waals surface area contributed by atoms with Crippen LogP contribution in [0.5, 0.6) is 0 Å². The van der Waals surface area contributed by atoms with E-state index in [1.54, 1.807) is 29.2 Å². The SMILES string of the molecule is CCCCN(C)C(=O)c1cccc(N)c1.Cl. The maximum absolute atomic E-state index is 11.9. The van der Waals surface area contributed by atoms with Crippen LogP contribution in [0.4, 0.5) is 5.69 Å². The number of rotatable bonds is 4. The number of amides is 1. The molecule has 2 N–H and O–H groups in total. The van der Waals surface area contributed by atoms with Crippen molar-refractivity contribution >= 4 is 24.0 Å². The van der Waals surface area contributed by atoms with Gasteiger partial charge < -0.3 is 10.6 Å². The Labute approximate surface area is 103 Å². The number of carbonyl (C=O) groups is 1. The van der Waals surface area contributed by atoms with Crippen molar-refractivity contribution in [3.8, 4) is 0 Å². The van der Waals surface area contributed by atoms with Crippen LogP contribution in [0.1, 0.15) is 30.1 Å². The fraction of sp³-hybridized carbons (Fsp3) is 0.417. The molecule has 0 radical (unpaired) electrons. The largest absolute Gasteiger partial charge is 0.399 e. The minimum Gasteiger partial charge on any atom is -0.399 e. The summed E-state index contributed by atoms with van der Waals surface area (Å²) in [6, 6.07) is 7.09. The van der Waals surface area contributed by atoms with Gasteiger partial charge in [0.15, 0.2) is 0 Å². The first kappa shape index (κ1) is 14.8. The van der Waals surface area contributed by atoms with E-state index < -0.39 is 0 Å². The van der Waals surface area contributed by atoms with E-state index in [1.807, 2.05) is 7.05 Å². The van der Waals surface area contributed by atoms with Crippen molar-refractivity contribution in [2.45, 2.75) is 19.8 Å². The number of unbranched alkanes of at least 4 members (excludes halogenated alkanes) is 1. The third-order valence-electron chi connectivity index (χ3n) is 2.33. The van der Waals surface area contributed by atoms with Crippen LogP contribution in [0.3, 0.4) is 0 Å². The lowest BCUT2D eigenvalue weighted by atomic mass is 10.2. The first-order chi connectivity index (χ1) is 7.15. The Morgan fingerprint density at radius 3 is 2.69 bits per heavy atom. The number of halogens is 1. The molecule has 1 amide bonds. The fourth-order valence-electron chi connectivity index (χ4n) is 1.39. The summed E-state index contributed by atoms with van der Waals surface area (Å²) in [6.07, 6.45) is 2.12. The third-order valence-corrected chi connectivity index (χ3v) is 2.33. The van der Waals surface area contributed by atoms with Crippen molar-refractivity contribution in [2.24, 2.45) is 0 Å². The molecule has 0 saturated carbocycles. The fourth-order valence-corrected chi connectivity index (χ4v) is 1.39. The molecular weight excluding hydrogens is 224 g/mol. The average Bonchev–Trinajstić information content (AvgIpc) is 2.24. The minimum absolute atomic E-state index is 0. The highest BCUT2D eigenvalue weighted by atomic mass is 35.5.